The number of aromatic nitrogens is 2. The molecule has 0 saturated carbocycles. The highest BCUT2D eigenvalue weighted by Crippen LogP contribution is 2.15. The summed E-state index contributed by atoms with van der Waals surface area (Å²) in [6.07, 6.45) is 0. The van der Waals surface area contributed by atoms with E-state index >= 15 is 0 Å². The number of fused-ring (bicyclic) bond motifs is 1. The van der Waals surface area contributed by atoms with E-state index in [4.69, 9.17) is 10.5 Å². The molecule has 0 unspecified atom stereocenters. The Labute approximate surface area is 177 Å². The lowest BCUT2D eigenvalue weighted by Crippen LogP contribution is -2.44. The minimum atomic E-state index is -0.676. The molecule has 0 aliphatic carbocycles. The average molecular weight is 423 g/mol. The van der Waals surface area contributed by atoms with Crippen LogP contribution in [-0.2, 0) is 4.79 Å². The van der Waals surface area contributed by atoms with E-state index in [1.165, 1.54) is 28.9 Å². The summed E-state index contributed by atoms with van der Waals surface area (Å²) in [5.41, 5.74) is 9.70. The Morgan fingerprint density at radius 3 is 2.29 bits per heavy atom. The zero-order valence-corrected chi connectivity index (χ0v) is 16.9. The summed E-state index contributed by atoms with van der Waals surface area (Å²) in [6.45, 7) is 3.18. The van der Waals surface area contributed by atoms with Gasteiger partial charge in [-0.1, -0.05) is 18.2 Å². The first-order valence-electron chi connectivity index (χ1n) is 9.41. The molecule has 0 aliphatic heterocycles. The number of benzene rings is 2. The van der Waals surface area contributed by atoms with Crippen LogP contribution in [0.2, 0.25) is 0 Å². The maximum absolute atomic E-state index is 12.6. The van der Waals surface area contributed by atoms with E-state index in [0.717, 1.165) is 0 Å². The predicted molar refractivity (Wildman–Crippen MR) is 112 cm³/mol. The normalized spacial score (nSPS) is 10.7. The fraction of sp³-hybridized carbons (Fsp3) is 0.190. The highest BCUT2D eigenvalue weighted by Gasteiger charge is 2.18. The standard InChI is InChI=1S/C21H21N5O5/c1-12(2)26-21(30)16-6-4-3-5-15(16)18(25-26)20(29)24-23-17(27)11-31-14-9-7-13(8-10-14)19(22)28/h3-10,12H,11H2,1-2H3,(H2,22,28)(H,23,27)(H,24,29). The third-order valence-corrected chi connectivity index (χ3v) is 4.36. The number of carbonyl (C=O) groups excluding carboxylic acids is 3. The first-order chi connectivity index (χ1) is 14.8. The molecule has 0 saturated heterocycles. The van der Waals surface area contributed by atoms with E-state index in [1.807, 2.05) is 0 Å². The van der Waals surface area contributed by atoms with Gasteiger partial charge in [0.2, 0.25) is 5.91 Å². The van der Waals surface area contributed by atoms with Gasteiger partial charge in [0.05, 0.1) is 11.4 Å². The maximum Gasteiger partial charge on any atom is 0.290 e. The van der Waals surface area contributed by atoms with Crippen molar-refractivity contribution in [2.24, 2.45) is 5.73 Å². The van der Waals surface area contributed by atoms with E-state index in [-0.39, 0.29) is 23.9 Å². The minimum absolute atomic E-state index is 0.00663. The Hall–Kier alpha value is -4.21. The number of hydrazine groups is 1. The second-order valence-electron chi connectivity index (χ2n) is 6.92. The number of ether oxygens (including phenoxy) is 1. The summed E-state index contributed by atoms with van der Waals surface area (Å²) in [5.74, 6) is -1.52. The number of hydrogen-bond acceptors (Lipinski definition) is 6. The number of hydrogen-bond donors (Lipinski definition) is 3. The summed E-state index contributed by atoms with van der Waals surface area (Å²) in [6, 6.07) is 12.3. The topological polar surface area (TPSA) is 145 Å². The molecule has 3 aromatic rings. The van der Waals surface area contributed by atoms with Gasteiger partial charge in [-0.2, -0.15) is 5.10 Å². The zero-order valence-electron chi connectivity index (χ0n) is 16.9. The van der Waals surface area contributed by atoms with E-state index in [1.54, 1.807) is 38.1 Å². The lowest BCUT2D eigenvalue weighted by molar-refractivity contribution is -0.123. The van der Waals surface area contributed by atoms with Crippen LogP contribution in [0.5, 0.6) is 5.75 Å². The SMILES string of the molecule is CC(C)n1nc(C(=O)NNC(=O)COc2ccc(C(N)=O)cc2)c2ccccc2c1=O. The van der Waals surface area contributed by atoms with Crippen LogP contribution in [0, 0.1) is 0 Å². The molecule has 4 N–H and O–H groups in total. The van der Waals surface area contributed by atoms with Crippen LogP contribution in [0.3, 0.4) is 0 Å². The van der Waals surface area contributed by atoms with Crippen LogP contribution < -0.4 is 26.9 Å². The molecule has 0 fully saturated rings. The minimum Gasteiger partial charge on any atom is -0.484 e. The number of nitrogens with zero attached hydrogens (tertiary/aromatic N) is 2. The van der Waals surface area contributed by atoms with Gasteiger partial charge in [-0.05, 0) is 44.2 Å². The summed E-state index contributed by atoms with van der Waals surface area (Å²) in [7, 11) is 0. The molecule has 1 aromatic heterocycles. The lowest BCUT2D eigenvalue weighted by atomic mass is 10.1. The summed E-state index contributed by atoms with van der Waals surface area (Å²) < 4.78 is 6.52. The molecule has 1 heterocycles. The van der Waals surface area contributed by atoms with Crippen LogP contribution in [0.1, 0.15) is 40.7 Å². The predicted octanol–water partition coefficient (Wildman–Crippen LogP) is 0.916. The van der Waals surface area contributed by atoms with E-state index < -0.39 is 17.7 Å². The smallest absolute Gasteiger partial charge is 0.290 e. The van der Waals surface area contributed by atoms with E-state index in [2.05, 4.69) is 16.0 Å². The first kappa shape index (κ1) is 21.5. The Balaban J connectivity index is 1.67. The van der Waals surface area contributed by atoms with Crippen molar-refractivity contribution in [1.82, 2.24) is 20.6 Å². The molecule has 3 rings (SSSR count). The third kappa shape index (κ3) is 4.86. The van der Waals surface area contributed by atoms with Gasteiger partial charge in [0.1, 0.15) is 5.75 Å². The van der Waals surface area contributed by atoms with Crippen LogP contribution >= 0.6 is 0 Å². The van der Waals surface area contributed by atoms with Crippen LogP contribution in [0.4, 0.5) is 0 Å². The summed E-state index contributed by atoms with van der Waals surface area (Å²) in [5, 5.41) is 4.89. The fourth-order valence-corrected chi connectivity index (χ4v) is 2.81. The monoisotopic (exact) mass is 423 g/mol. The molecule has 0 atom stereocenters. The van der Waals surface area contributed by atoms with Gasteiger partial charge < -0.3 is 10.5 Å². The van der Waals surface area contributed by atoms with Crippen molar-refractivity contribution in [3.05, 3.63) is 70.1 Å². The summed E-state index contributed by atoms with van der Waals surface area (Å²) >= 11 is 0. The van der Waals surface area contributed by atoms with Crippen molar-refractivity contribution in [2.75, 3.05) is 6.61 Å². The molecule has 10 nitrogen and oxygen atoms in total. The second kappa shape index (κ2) is 9.08. The van der Waals surface area contributed by atoms with Crippen molar-refractivity contribution < 1.29 is 19.1 Å². The van der Waals surface area contributed by atoms with E-state index in [9.17, 15) is 19.2 Å². The molecule has 31 heavy (non-hydrogen) atoms. The number of carbonyl (C=O) groups is 3. The number of primary amides is 1. The molecule has 0 spiro atoms. The molecular formula is C21H21N5O5. The second-order valence-corrected chi connectivity index (χ2v) is 6.92. The molecule has 3 amide bonds. The highest BCUT2D eigenvalue weighted by atomic mass is 16.5. The number of nitrogens with one attached hydrogen (secondary N) is 2. The fourth-order valence-electron chi connectivity index (χ4n) is 2.81. The number of amides is 3. The Morgan fingerprint density at radius 1 is 1.03 bits per heavy atom. The molecule has 0 aliphatic rings. The van der Waals surface area contributed by atoms with Gasteiger partial charge in [-0.3, -0.25) is 30.0 Å². The Kier molecular flexibility index (Phi) is 6.29. The lowest BCUT2D eigenvalue weighted by Gasteiger charge is -2.14. The van der Waals surface area contributed by atoms with Crippen molar-refractivity contribution >= 4 is 28.5 Å². The number of nitrogens with two attached hydrogens (primary N) is 1. The highest BCUT2D eigenvalue weighted by molar-refractivity contribution is 6.05. The van der Waals surface area contributed by atoms with Crippen molar-refractivity contribution in [2.45, 2.75) is 19.9 Å². The zero-order chi connectivity index (χ0) is 22.5. The van der Waals surface area contributed by atoms with Crippen LogP contribution in [0.15, 0.2) is 53.3 Å². The molecule has 0 bridgehead atoms. The Bertz CT molecular complexity index is 1200. The third-order valence-electron chi connectivity index (χ3n) is 4.36. The van der Waals surface area contributed by atoms with Crippen molar-refractivity contribution in [3.8, 4) is 5.75 Å². The van der Waals surface area contributed by atoms with Gasteiger partial charge in [-0.25, -0.2) is 4.68 Å². The van der Waals surface area contributed by atoms with Gasteiger partial charge in [-0.15, -0.1) is 0 Å². The molecule has 10 heteroatoms. The van der Waals surface area contributed by atoms with Crippen molar-refractivity contribution in [3.63, 3.8) is 0 Å². The molecule has 0 radical (unpaired) electrons. The number of rotatable bonds is 6. The molecular weight excluding hydrogens is 402 g/mol. The average Bonchev–Trinajstić information content (AvgIpc) is 2.76. The molecule has 160 valence electrons. The summed E-state index contributed by atoms with van der Waals surface area (Å²) in [4.78, 5) is 48.3. The largest absolute Gasteiger partial charge is 0.484 e. The van der Waals surface area contributed by atoms with Gasteiger partial charge in [0.25, 0.3) is 17.4 Å². The van der Waals surface area contributed by atoms with Crippen LogP contribution in [-0.4, -0.2) is 34.1 Å². The maximum atomic E-state index is 12.6. The first-order valence-corrected chi connectivity index (χ1v) is 9.41. The van der Waals surface area contributed by atoms with Crippen molar-refractivity contribution in [1.29, 1.82) is 0 Å². The van der Waals surface area contributed by atoms with Gasteiger partial charge >= 0.3 is 0 Å². The van der Waals surface area contributed by atoms with Gasteiger partial charge in [0, 0.05) is 10.9 Å². The van der Waals surface area contributed by atoms with Crippen LogP contribution in [0.25, 0.3) is 10.8 Å². The Morgan fingerprint density at radius 2 is 1.68 bits per heavy atom. The molecule has 2 aromatic carbocycles. The van der Waals surface area contributed by atoms with Gasteiger partial charge in [0.15, 0.2) is 12.3 Å². The van der Waals surface area contributed by atoms with E-state index in [0.29, 0.717) is 22.1 Å². The quantitative estimate of drug-likeness (QED) is 0.503.